The molecule has 0 N–H and O–H groups in total. The minimum atomic E-state index is -0.327. The zero-order valence-electron chi connectivity index (χ0n) is 45.8. The summed E-state index contributed by atoms with van der Waals surface area (Å²) < 4.78 is 0. The maximum atomic E-state index is 2.77. The molecular weight excluding hydrogens is 882 g/mol. The number of fused-ring (bicyclic) bond motifs is 9. The van der Waals surface area contributed by atoms with Crippen LogP contribution in [0, 0.1) is 20.8 Å². The van der Waals surface area contributed by atoms with E-state index in [-0.39, 0.29) is 33.9 Å². The Kier molecular flexibility index (Phi) is 10.4. The van der Waals surface area contributed by atoms with E-state index in [1.54, 1.807) is 0 Å². The van der Waals surface area contributed by atoms with Crippen molar-refractivity contribution >= 4 is 68.6 Å². The van der Waals surface area contributed by atoms with Crippen molar-refractivity contribution in [2.24, 2.45) is 0 Å². The molecule has 0 saturated carbocycles. The van der Waals surface area contributed by atoms with Crippen LogP contribution in [-0.4, -0.2) is 6.71 Å². The van der Waals surface area contributed by atoms with Gasteiger partial charge in [0.15, 0.2) is 0 Å². The largest absolute Gasteiger partial charge is 0.330 e. The summed E-state index contributed by atoms with van der Waals surface area (Å²) in [5.41, 5.74) is 28.2. The van der Waals surface area contributed by atoms with Gasteiger partial charge in [-0.3, -0.25) is 0 Å². The topological polar surface area (TPSA) is 9.72 Å². The first kappa shape index (κ1) is 47.2. The van der Waals surface area contributed by atoms with Crippen LogP contribution >= 0.6 is 0 Å². The normalized spacial score (nSPS) is 18.7. The molecule has 0 spiro atoms. The summed E-state index contributed by atoms with van der Waals surface area (Å²) in [7, 11) is 0. The highest BCUT2D eigenvalue weighted by atomic mass is 15.3. The van der Waals surface area contributed by atoms with E-state index >= 15 is 0 Å². The minimum Gasteiger partial charge on any atom is -0.330 e. The fourth-order valence-electron chi connectivity index (χ4n) is 13.6. The van der Waals surface area contributed by atoms with Crippen molar-refractivity contribution < 1.29 is 0 Å². The zero-order chi connectivity index (χ0) is 51.3. The summed E-state index contributed by atoms with van der Waals surface area (Å²) in [6.45, 7) is 33.0. The molecule has 2 atom stereocenters. The molecule has 0 bridgehead atoms. The van der Waals surface area contributed by atoms with Crippen LogP contribution < -0.4 is 31.1 Å². The summed E-state index contributed by atoms with van der Waals surface area (Å²) in [5, 5.41) is 0. The lowest BCUT2D eigenvalue weighted by atomic mass is 9.33. The highest BCUT2D eigenvalue weighted by Crippen LogP contribution is 2.65. The lowest BCUT2D eigenvalue weighted by Crippen LogP contribution is -2.61. The molecule has 4 heteroatoms. The van der Waals surface area contributed by atoms with E-state index in [1.807, 2.05) is 0 Å². The summed E-state index contributed by atoms with van der Waals surface area (Å²) in [6.07, 6.45) is 2.17. The molecule has 8 aromatic carbocycles. The number of rotatable bonds is 4. The van der Waals surface area contributed by atoms with E-state index in [4.69, 9.17) is 0 Å². The average molecular weight is 954 g/mol. The van der Waals surface area contributed by atoms with Gasteiger partial charge in [0.1, 0.15) is 0 Å². The number of anilines is 8. The monoisotopic (exact) mass is 954 g/mol. The van der Waals surface area contributed by atoms with Crippen molar-refractivity contribution in [3.05, 3.63) is 208 Å². The molecule has 8 aromatic rings. The fourth-order valence-corrected chi connectivity index (χ4v) is 13.6. The second-order valence-electron chi connectivity index (χ2n) is 25.6. The summed E-state index contributed by atoms with van der Waals surface area (Å²) in [6, 6.07) is 61.9. The summed E-state index contributed by atoms with van der Waals surface area (Å²) in [5.74, 6) is 0. The van der Waals surface area contributed by atoms with Crippen LogP contribution in [0.2, 0.25) is 0 Å². The Morgan fingerprint density at radius 3 is 1.71 bits per heavy atom. The van der Waals surface area contributed by atoms with Crippen molar-refractivity contribution in [3.8, 4) is 11.1 Å². The number of hydrogen-bond acceptors (Lipinski definition) is 3. The molecule has 3 aliphatic heterocycles. The zero-order valence-corrected chi connectivity index (χ0v) is 45.8. The Balaban J connectivity index is 1.16. The van der Waals surface area contributed by atoms with Gasteiger partial charge in [-0.2, -0.15) is 0 Å². The molecule has 0 fully saturated rings. The van der Waals surface area contributed by atoms with E-state index in [0.717, 1.165) is 12.8 Å². The van der Waals surface area contributed by atoms with Crippen molar-refractivity contribution in [2.45, 2.75) is 137 Å². The lowest BCUT2D eigenvalue weighted by Gasteiger charge is -2.51. The Bertz CT molecular complexity index is 3550. The van der Waals surface area contributed by atoms with Gasteiger partial charge in [-0.15, -0.1) is 0 Å². The van der Waals surface area contributed by atoms with E-state index in [0.29, 0.717) is 0 Å². The number of aryl methyl sites for hydroxylation is 4. The van der Waals surface area contributed by atoms with Crippen molar-refractivity contribution in [1.29, 1.82) is 0 Å². The third kappa shape index (κ3) is 7.06. The van der Waals surface area contributed by atoms with Crippen LogP contribution in [0.1, 0.15) is 133 Å². The Hall–Kier alpha value is -6.78. The molecule has 0 radical (unpaired) electrons. The fraction of sp³-hybridized carbons (Fsp3) is 0.304. The molecule has 73 heavy (non-hydrogen) atoms. The summed E-state index contributed by atoms with van der Waals surface area (Å²) in [4.78, 5) is 8.03. The maximum absolute atomic E-state index is 2.77. The van der Waals surface area contributed by atoms with Crippen LogP contribution in [0.15, 0.2) is 158 Å². The molecule has 1 aliphatic carbocycles. The van der Waals surface area contributed by atoms with Gasteiger partial charge in [0, 0.05) is 50.8 Å². The van der Waals surface area contributed by atoms with Gasteiger partial charge in [-0.25, -0.2) is 0 Å². The minimum absolute atomic E-state index is 0.0134. The molecule has 0 saturated heterocycles. The van der Waals surface area contributed by atoms with Gasteiger partial charge >= 0.3 is 0 Å². The quantitative estimate of drug-likeness (QED) is 0.163. The van der Waals surface area contributed by atoms with Gasteiger partial charge in [0.25, 0.3) is 6.71 Å². The Morgan fingerprint density at radius 1 is 0.466 bits per heavy atom. The Morgan fingerprint density at radius 2 is 1.03 bits per heavy atom. The van der Waals surface area contributed by atoms with Crippen LogP contribution in [0.3, 0.4) is 0 Å². The molecular formula is C69H72BN3. The van der Waals surface area contributed by atoms with E-state index < -0.39 is 0 Å². The van der Waals surface area contributed by atoms with E-state index in [2.05, 4.69) is 269 Å². The summed E-state index contributed by atoms with van der Waals surface area (Å²) >= 11 is 0. The molecule has 0 amide bonds. The van der Waals surface area contributed by atoms with Crippen molar-refractivity contribution in [3.63, 3.8) is 0 Å². The first-order chi connectivity index (χ1) is 34.6. The van der Waals surface area contributed by atoms with Gasteiger partial charge < -0.3 is 14.7 Å². The maximum Gasteiger partial charge on any atom is 0.252 e. The average Bonchev–Trinajstić information content (AvgIpc) is 3.59. The molecule has 12 rings (SSSR count). The second-order valence-corrected chi connectivity index (χ2v) is 25.6. The standard InChI is InChI=1S/C69H72BN3/c1-43-36-45(3)64-55(37-43)68(13)35-34-47-22-18-19-23-54(47)69(68,14)73(64)52-30-32-57-60(42-52)71(51-28-24-48(25-29-51)65(4,5)6)61-38-44(2)39-62-63(61)70(57)56-31-26-50(67(10,11)12)41-59(56)72(62)58-33-27-49(66(7,8)9)40-53(58)46-20-16-15-17-21-46/h15-33,36-42H,34-35H2,1-14H3. The smallest absolute Gasteiger partial charge is 0.252 e. The predicted octanol–water partition coefficient (Wildman–Crippen LogP) is 16.5. The molecule has 3 nitrogen and oxygen atoms in total. The van der Waals surface area contributed by atoms with Crippen molar-refractivity contribution in [1.82, 2.24) is 0 Å². The lowest BCUT2D eigenvalue weighted by molar-refractivity contribution is 0.245. The molecule has 0 aromatic heterocycles. The van der Waals surface area contributed by atoms with E-state index in [1.165, 1.54) is 123 Å². The van der Waals surface area contributed by atoms with Gasteiger partial charge in [0.2, 0.25) is 0 Å². The third-order valence-electron chi connectivity index (χ3n) is 17.7. The van der Waals surface area contributed by atoms with Gasteiger partial charge in [-0.05, 0) is 178 Å². The predicted molar refractivity (Wildman–Crippen MR) is 314 cm³/mol. The van der Waals surface area contributed by atoms with Gasteiger partial charge in [0.05, 0.1) is 11.2 Å². The number of benzene rings is 8. The van der Waals surface area contributed by atoms with Crippen LogP contribution in [0.5, 0.6) is 0 Å². The third-order valence-corrected chi connectivity index (χ3v) is 17.7. The number of nitrogens with zero attached hydrogens (tertiary/aromatic N) is 3. The first-order valence-electron chi connectivity index (χ1n) is 26.9. The first-order valence-corrected chi connectivity index (χ1v) is 26.9. The second kappa shape index (κ2) is 16.1. The highest BCUT2D eigenvalue weighted by Gasteiger charge is 2.60. The molecule has 3 heterocycles. The highest BCUT2D eigenvalue weighted by molar-refractivity contribution is 7.00. The molecule has 366 valence electrons. The van der Waals surface area contributed by atoms with Crippen LogP contribution in [-0.2, 0) is 33.6 Å². The number of hydrogen-bond donors (Lipinski definition) is 0. The molecule has 4 aliphatic rings. The van der Waals surface area contributed by atoms with Crippen LogP contribution in [0.4, 0.5) is 45.5 Å². The van der Waals surface area contributed by atoms with Gasteiger partial charge in [-0.1, -0.05) is 178 Å². The Labute approximate surface area is 437 Å². The van der Waals surface area contributed by atoms with Crippen LogP contribution in [0.25, 0.3) is 11.1 Å². The molecule has 2 unspecified atom stereocenters. The van der Waals surface area contributed by atoms with Crippen molar-refractivity contribution in [2.75, 3.05) is 14.7 Å². The van der Waals surface area contributed by atoms with E-state index in [9.17, 15) is 0 Å². The SMILES string of the molecule is Cc1cc2c3c(c1)N(c1ccc(C(C)(C)C)cc1-c1ccccc1)c1cc(C(C)(C)C)ccc1B3c1ccc(N3c4c(C)cc(C)cc4C4(C)CCc5ccccc5C34C)cc1N2c1ccc(C(C)(C)C)cc1.